The maximum absolute atomic E-state index is 6.03. The molecule has 0 aliphatic carbocycles. The summed E-state index contributed by atoms with van der Waals surface area (Å²) in [5.74, 6) is 0. The number of nitrogens with zero attached hydrogens (tertiary/aromatic N) is 2. The van der Waals surface area contributed by atoms with Gasteiger partial charge in [-0.2, -0.15) is 0 Å². The Morgan fingerprint density at radius 3 is 2.72 bits per heavy atom. The van der Waals surface area contributed by atoms with Crippen LogP contribution in [0.25, 0.3) is 0 Å². The molecule has 0 aliphatic rings. The van der Waals surface area contributed by atoms with Crippen molar-refractivity contribution in [2.75, 3.05) is 24.2 Å². The van der Waals surface area contributed by atoms with Crippen LogP contribution < -0.4 is 10.6 Å². The van der Waals surface area contributed by atoms with Crippen LogP contribution in [0.5, 0.6) is 0 Å². The third-order valence-corrected chi connectivity index (χ3v) is 3.02. The molecule has 0 fully saturated rings. The highest BCUT2D eigenvalue weighted by molar-refractivity contribution is 5.68. The zero-order chi connectivity index (χ0) is 13.0. The van der Waals surface area contributed by atoms with E-state index in [4.69, 9.17) is 5.73 Å². The number of nitrogens with two attached hydrogens (primary N) is 1. The first-order valence-electron chi connectivity index (χ1n) is 6.14. The van der Waals surface area contributed by atoms with E-state index in [0.29, 0.717) is 0 Å². The van der Waals surface area contributed by atoms with Crippen LogP contribution in [0.15, 0.2) is 42.6 Å². The van der Waals surface area contributed by atoms with E-state index in [1.165, 1.54) is 5.56 Å². The molecule has 0 amide bonds. The Hall–Kier alpha value is -2.03. The molecule has 2 N–H and O–H groups in total. The monoisotopic (exact) mass is 241 g/mol. The van der Waals surface area contributed by atoms with E-state index in [0.717, 1.165) is 30.0 Å². The molecule has 0 saturated carbocycles. The average molecular weight is 241 g/mol. The van der Waals surface area contributed by atoms with Gasteiger partial charge in [-0.25, -0.2) is 0 Å². The number of benzene rings is 1. The van der Waals surface area contributed by atoms with Gasteiger partial charge in [0.05, 0.1) is 11.4 Å². The number of aryl methyl sites for hydroxylation is 1. The van der Waals surface area contributed by atoms with Crippen molar-refractivity contribution in [3.8, 4) is 0 Å². The Labute approximate surface area is 108 Å². The van der Waals surface area contributed by atoms with E-state index in [1.54, 1.807) is 0 Å². The lowest BCUT2D eigenvalue weighted by Crippen LogP contribution is -2.21. The molecule has 3 nitrogen and oxygen atoms in total. The molecular weight excluding hydrogens is 222 g/mol. The molecule has 2 aromatic rings. The third kappa shape index (κ3) is 3.00. The van der Waals surface area contributed by atoms with Crippen molar-refractivity contribution in [1.82, 2.24) is 4.98 Å². The van der Waals surface area contributed by atoms with Gasteiger partial charge in [0.1, 0.15) is 0 Å². The number of hydrogen-bond donors (Lipinski definition) is 1. The Balaban J connectivity index is 2.01. The fourth-order valence-electron chi connectivity index (χ4n) is 1.97. The summed E-state index contributed by atoms with van der Waals surface area (Å²) in [5, 5.41) is 0. The summed E-state index contributed by atoms with van der Waals surface area (Å²) in [6.07, 6.45) is 2.75. The maximum atomic E-state index is 6.03. The van der Waals surface area contributed by atoms with E-state index in [1.807, 2.05) is 37.4 Å². The van der Waals surface area contributed by atoms with E-state index in [-0.39, 0.29) is 0 Å². The van der Waals surface area contributed by atoms with Crippen LogP contribution in [-0.2, 0) is 6.42 Å². The second-order valence-corrected chi connectivity index (χ2v) is 4.55. The van der Waals surface area contributed by atoms with Gasteiger partial charge in [-0.15, -0.1) is 0 Å². The zero-order valence-electron chi connectivity index (χ0n) is 10.9. The summed E-state index contributed by atoms with van der Waals surface area (Å²) in [6, 6.07) is 12.2. The van der Waals surface area contributed by atoms with Crippen LogP contribution in [0, 0.1) is 6.92 Å². The van der Waals surface area contributed by atoms with Gasteiger partial charge in [0.25, 0.3) is 0 Å². The standard InChI is InChI=1S/C15H19N3/c1-12-6-7-15(14(16)11-12)18(2)10-8-13-5-3-4-9-17-13/h3-7,9,11H,8,10,16H2,1-2H3. The molecule has 1 aromatic carbocycles. The zero-order valence-corrected chi connectivity index (χ0v) is 10.9. The molecule has 0 saturated heterocycles. The molecule has 2 rings (SSSR count). The van der Waals surface area contributed by atoms with Crippen molar-refractivity contribution >= 4 is 11.4 Å². The van der Waals surface area contributed by atoms with Gasteiger partial charge in [0, 0.05) is 31.9 Å². The van der Waals surface area contributed by atoms with Crippen molar-refractivity contribution in [2.45, 2.75) is 13.3 Å². The van der Waals surface area contributed by atoms with Crippen molar-refractivity contribution in [1.29, 1.82) is 0 Å². The van der Waals surface area contributed by atoms with Crippen LogP contribution in [-0.4, -0.2) is 18.6 Å². The lowest BCUT2D eigenvalue weighted by Gasteiger charge is -2.21. The Morgan fingerprint density at radius 1 is 1.22 bits per heavy atom. The number of aromatic nitrogens is 1. The molecule has 0 spiro atoms. The van der Waals surface area contributed by atoms with E-state index < -0.39 is 0 Å². The van der Waals surface area contributed by atoms with Gasteiger partial charge in [0.15, 0.2) is 0 Å². The number of nitrogen functional groups attached to an aromatic ring is 1. The summed E-state index contributed by atoms with van der Waals surface area (Å²) >= 11 is 0. The first-order valence-corrected chi connectivity index (χ1v) is 6.14. The van der Waals surface area contributed by atoms with E-state index in [2.05, 4.69) is 29.1 Å². The quantitative estimate of drug-likeness (QED) is 0.837. The molecule has 0 unspecified atom stereocenters. The fourth-order valence-corrected chi connectivity index (χ4v) is 1.97. The highest BCUT2D eigenvalue weighted by atomic mass is 15.1. The minimum absolute atomic E-state index is 0.832. The first kappa shape index (κ1) is 12.4. The molecule has 94 valence electrons. The van der Waals surface area contributed by atoms with Crippen LogP contribution >= 0.6 is 0 Å². The van der Waals surface area contributed by atoms with Crippen molar-refractivity contribution < 1.29 is 0 Å². The largest absolute Gasteiger partial charge is 0.397 e. The highest BCUT2D eigenvalue weighted by Gasteiger charge is 2.05. The molecule has 0 radical (unpaired) electrons. The van der Waals surface area contributed by atoms with Crippen LogP contribution in [0.1, 0.15) is 11.3 Å². The molecule has 1 aromatic heterocycles. The Bertz CT molecular complexity index is 508. The molecule has 18 heavy (non-hydrogen) atoms. The van der Waals surface area contributed by atoms with Crippen molar-refractivity contribution in [2.24, 2.45) is 0 Å². The smallest absolute Gasteiger partial charge is 0.0597 e. The minimum atomic E-state index is 0.832. The molecule has 0 aliphatic heterocycles. The van der Waals surface area contributed by atoms with Crippen molar-refractivity contribution in [3.63, 3.8) is 0 Å². The normalized spacial score (nSPS) is 10.3. The third-order valence-electron chi connectivity index (χ3n) is 3.02. The fraction of sp³-hybridized carbons (Fsp3) is 0.267. The van der Waals surface area contributed by atoms with E-state index >= 15 is 0 Å². The predicted molar refractivity (Wildman–Crippen MR) is 76.8 cm³/mol. The second-order valence-electron chi connectivity index (χ2n) is 4.55. The average Bonchev–Trinajstić information content (AvgIpc) is 2.37. The lowest BCUT2D eigenvalue weighted by atomic mass is 10.1. The summed E-state index contributed by atoms with van der Waals surface area (Å²) in [7, 11) is 2.06. The van der Waals surface area contributed by atoms with Gasteiger partial charge in [-0.05, 0) is 36.8 Å². The van der Waals surface area contributed by atoms with Crippen LogP contribution in [0.4, 0.5) is 11.4 Å². The van der Waals surface area contributed by atoms with Crippen LogP contribution in [0.2, 0.25) is 0 Å². The number of anilines is 2. The summed E-state index contributed by atoms with van der Waals surface area (Å²) < 4.78 is 0. The predicted octanol–water partition coefficient (Wildman–Crippen LogP) is 2.65. The van der Waals surface area contributed by atoms with Gasteiger partial charge in [-0.3, -0.25) is 4.98 Å². The SMILES string of the molecule is Cc1ccc(N(C)CCc2ccccn2)c(N)c1. The topological polar surface area (TPSA) is 42.2 Å². The number of hydrogen-bond acceptors (Lipinski definition) is 3. The summed E-state index contributed by atoms with van der Waals surface area (Å²) in [5.41, 5.74) is 10.2. The molecule has 3 heteroatoms. The molecule has 1 heterocycles. The van der Waals surface area contributed by atoms with Gasteiger partial charge >= 0.3 is 0 Å². The maximum Gasteiger partial charge on any atom is 0.0597 e. The van der Waals surface area contributed by atoms with Gasteiger partial charge in [-0.1, -0.05) is 12.1 Å². The molecule has 0 atom stereocenters. The first-order chi connectivity index (χ1) is 8.66. The van der Waals surface area contributed by atoms with Crippen molar-refractivity contribution in [3.05, 3.63) is 53.9 Å². The minimum Gasteiger partial charge on any atom is -0.397 e. The lowest BCUT2D eigenvalue weighted by molar-refractivity contribution is 0.853. The Kier molecular flexibility index (Phi) is 3.82. The van der Waals surface area contributed by atoms with Gasteiger partial charge in [0.2, 0.25) is 0 Å². The summed E-state index contributed by atoms with van der Waals surface area (Å²) in [4.78, 5) is 6.49. The number of likely N-dealkylation sites (N-methyl/N-ethyl adjacent to an activating group) is 1. The number of rotatable bonds is 4. The van der Waals surface area contributed by atoms with E-state index in [9.17, 15) is 0 Å². The molecule has 0 bridgehead atoms. The molecular formula is C15H19N3. The summed E-state index contributed by atoms with van der Waals surface area (Å²) in [6.45, 7) is 2.96. The van der Waals surface area contributed by atoms with Crippen LogP contribution in [0.3, 0.4) is 0 Å². The second kappa shape index (κ2) is 5.54. The number of pyridine rings is 1. The van der Waals surface area contributed by atoms with Gasteiger partial charge < -0.3 is 10.6 Å². The highest BCUT2D eigenvalue weighted by Crippen LogP contribution is 2.23. The Morgan fingerprint density at radius 2 is 2.06 bits per heavy atom.